The van der Waals surface area contributed by atoms with Gasteiger partial charge in [0.1, 0.15) is 4.90 Å². The molecule has 0 aliphatic heterocycles. The maximum Gasteiger partial charge on any atom is 0.244 e. The molecule has 108 valence electrons. The van der Waals surface area contributed by atoms with Gasteiger partial charge in [0.05, 0.1) is 5.69 Å². The molecular weight excluding hydrogens is 282 g/mol. The SMILES string of the molecule is CCC(CC)(CNS(=O)(=O)c1cnccc1N)SC. The largest absolute Gasteiger partial charge is 0.398 e. The zero-order valence-corrected chi connectivity index (χ0v) is 13.1. The summed E-state index contributed by atoms with van der Waals surface area (Å²) in [6.45, 7) is 4.51. The van der Waals surface area contributed by atoms with Gasteiger partial charge >= 0.3 is 0 Å². The second-order valence-electron chi connectivity index (χ2n) is 4.33. The Bertz CT molecular complexity index is 505. The number of rotatable bonds is 7. The van der Waals surface area contributed by atoms with Crippen LogP contribution in [0.5, 0.6) is 0 Å². The van der Waals surface area contributed by atoms with Gasteiger partial charge in [0, 0.05) is 23.7 Å². The van der Waals surface area contributed by atoms with E-state index in [-0.39, 0.29) is 15.3 Å². The van der Waals surface area contributed by atoms with Crippen LogP contribution in [0.15, 0.2) is 23.4 Å². The predicted octanol–water partition coefficient (Wildman–Crippen LogP) is 1.86. The molecule has 19 heavy (non-hydrogen) atoms. The third-order valence-corrected chi connectivity index (χ3v) is 6.44. The summed E-state index contributed by atoms with van der Waals surface area (Å²) >= 11 is 1.68. The Kier molecular flexibility index (Phi) is 5.64. The third-order valence-electron chi connectivity index (χ3n) is 3.41. The number of hydrogen-bond donors (Lipinski definition) is 2. The van der Waals surface area contributed by atoms with Crippen LogP contribution in [0.2, 0.25) is 0 Å². The van der Waals surface area contributed by atoms with Crippen molar-refractivity contribution in [2.45, 2.75) is 36.3 Å². The van der Waals surface area contributed by atoms with Gasteiger partial charge < -0.3 is 5.73 Å². The lowest BCUT2D eigenvalue weighted by atomic mass is 10.0. The quantitative estimate of drug-likeness (QED) is 0.803. The number of aromatic nitrogens is 1. The number of hydrogen-bond acceptors (Lipinski definition) is 5. The van der Waals surface area contributed by atoms with E-state index in [9.17, 15) is 8.42 Å². The van der Waals surface area contributed by atoms with Crippen molar-refractivity contribution in [1.29, 1.82) is 0 Å². The lowest BCUT2D eigenvalue weighted by Crippen LogP contribution is -2.39. The minimum Gasteiger partial charge on any atom is -0.398 e. The smallest absolute Gasteiger partial charge is 0.244 e. The van der Waals surface area contributed by atoms with Crippen molar-refractivity contribution in [3.05, 3.63) is 18.5 Å². The molecule has 1 heterocycles. The highest BCUT2D eigenvalue weighted by atomic mass is 32.2. The minimum atomic E-state index is -3.61. The fourth-order valence-corrected chi connectivity index (χ4v) is 3.87. The molecule has 7 heteroatoms. The maximum atomic E-state index is 12.2. The number of nitrogen functional groups attached to an aromatic ring is 1. The van der Waals surface area contributed by atoms with Gasteiger partial charge in [-0.15, -0.1) is 0 Å². The Balaban J connectivity index is 2.90. The van der Waals surface area contributed by atoms with Gasteiger partial charge in [-0.3, -0.25) is 4.98 Å². The molecule has 0 unspecified atom stereocenters. The van der Waals surface area contributed by atoms with Crippen LogP contribution in [0.25, 0.3) is 0 Å². The second-order valence-corrected chi connectivity index (χ2v) is 7.34. The molecule has 0 atom stereocenters. The van der Waals surface area contributed by atoms with E-state index in [2.05, 4.69) is 23.6 Å². The first-order valence-electron chi connectivity index (χ1n) is 6.15. The van der Waals surface area contributed by atoms with Crippen LogP contribution in [0.1, 0.15) is 26.7 Å². The number of pyridine rings is 1. The van der Waals surface area contributed by atoms with E-state index < -0.39 is 10.0 Å². The standard InChI is InChI=1S/C12H21N3O2S2/c1-4-12(5-2,18-3)9-15-19(16,17)11-8-14-7-6-10(11)13/h6-8,15H,4-5,9H2,1-3H3,(H2,13,14). The Morgan fingerprint density at radius 3 is 2.53 bits per heavy atom. The zero-order valence-electron chi connectivity index (χ0n) is 11.5. The Morgan fingerprint density at radius 2 is 2.05 bits per heavy atom. The molecule has 3 N–H and O–H groups in total. The molecule has 0 aliphatic carbocycles. The summed E-state index contributed by atoms with van der Waals surface area (Å²) < 4.78 is 27.0. The van der Waals surface area contributed by atoms with Crippen LogP contribution >= 0.6 is 11.8 Å². The van der Waals surface area contributed by atoms with Gasteiger partial charge in [0.25, 0.3) is 0 Å². The van der Waals surface area contributed by atoms with Crippen LogP contribution in [0.4, 0.5) is 5.69 Å². The normalized spacial score (nSPS) is 12.6. The monoisotopic (exact) mass is 303 g/mol. The molecule has 1 aromatic rings. The lowest BCUT2D eigenvalue weighted by molar-refractivity contribution is 0.522. The number of thioether (sulfide) groups is 1. The molecular formula is C12H21N3O2S2. The molecule has 0 spiro atoms. The molecule has 0 aromatic carbocycles. The molecule has 5 nitrogen and oxygen atoms in total. The van der Waals surface area contributed by atoms with Crippen LogP contribution in [-0.4, -0.2) is 30.9 Å². The third kappa shape index (κ3) is 3.84. The predicted molar refractivity (Wildman–Crippen MR) is 80.7 cm³/mol. The first-order valence-corrected chi connectivity index (χ1v) is 8.86. The Labute approximate surface area is 119 Å². The van der Waals surface area contributed by atoms with E-state index in [1.807, 2.05) is 6.26 Å². The summed E-state index contributed by atoms with van der Waals surface area (Å²) in [5.41, 5.74) is 5.89. The molecule has 0 fully saturated rings. The van der Waals surface area contributed by atoms with Gasteiger partial charge in [-0.05, 0) is 25.2 Å². The van der Waals surface area contributed by atoms with Crippen LogP contribution in [-0.2, 0) is 10.0 Å². The van der Waals surface area contributed by atoms with Crippen molar-refractivity contribution in [1.82, 2.24) is 9.71 Å². The fourth-order valence-electron chi connectivity index (χ4n) is 1.78. The summed E-state index contributed by atoms with van der Waals surface area (Å²) in [5.74, 6) is 0. The molecule has 0 saturated heterocycles. The summed E-state index contributed by atoms with van der Waals surface area (Å²) in [6.07, 6.45) is 6.54. The highest BCUT2D eigenvalue weighted by Crippen LogP contribution is 2.30. The van der Waals surface area contributed by atoms with Crippen molar-refractivity contribution in [3.63, 3.8) is 0 Å². The number of nitrogens with one attached hydrogen (secondary N) is 1. The molecule has 0 saturated carbocycles. The average molecular weight is 303 g/mol. The van der Waals surface area contributed by atoms with Gasteiger partial charge in [-0.25, -0.2) is 13.1 Å². The first-order chi connectivity index (χ1) is 8.90. The van der Waals surface area contributed by atoms with Crippen molar-refractivity contribution in [3.8, 4) is 0 Å². The summed E-state index contributed by atoms with van der Waals surface area (Å²) in [5, 5.41) is 0. The van der Waals surface area contributed by atoms with Crippen LogP contribution in [0, 0.1) is 0 Å². The van der Waals surface area contributed by atoms with E-state index in [0.29, 0.717) is 6.54 Å². The van der Waals surface area contributed by atoms with E-state index >= 15 is 0 Å². The lowest BCUT2D eigenvalue weighted by Gasteiger charge is -2.29. The second kappa shape index (κ2) is 6.58. The van der Waals surface area contributed by atoms with Crippen molar-refractivity contribution >= 4 is 27.5 Å². The molecule has 0 aliphatic rings. The number of nitrogens with two attached hydrogens (primary N) is 1. The van der Waals surface area contributed by atoms with Gasteiger partial charge in [0.2, 0.25) is 10.0 Å². The van der Waals surface area contributed by atoms with Gasteiger partial charge in [-0.1, -0.05) is 13.8 Å². The van der Waals surface area contributed by atoms with E-state index in [1.165, 1.54) is 18.5 Å². The van der Waals surface area contributed by atoms with Crippen molar-refractivity contribution < 1.29 is 8.42 Å². The zero-order chi connectivity index (χ0) is 14.5. The number of sulfonamides is 1. The van der Waals surface area contributed by atoms with Gasteiger partial charge in [-0.2, -0.15) is 11.8 Å². The van der Waals surface area contributed by atoms with Crippen molar-refractivity contribution in [2.75, 3.05) is 18.5 Å². The molecule has 0 radical (unpaired) electrons. The fraction of sp³-hybridized carbons (Fsp3) is 0.583. The molecule has 0 amide bonds. The number of anilines is 1. The summed E-state index contributed by atoms with van der Waals surface area (Å²) in [4.78, 5) is 3.85. The van der Waals surface area contributed by atoms with Crippen LogP contribution < -0.4 is 10.5 Å². The first kappa shape index (κ1) is 16.3. The maximum absolute atomic E-state index is 12.2. The highest BCUT2D eigenvalue weighted by molar-refractivity contribution is 8.00. The summed E-state index contributed by atoms with van der Waals surface area (Å²) in [7, 11) is -3.61. The topological polar surface area (TPSA) is 85.1 Å². The average Bonchev–Trinajstić information content (AvgIpc) is 2.41. The van der Waals surface area contributed by atoms with E-state index in [4.69, 9.17) is 5.73 Å². The molecule has 0 bridgehead atoms. The van der Waals surface area contributed by atoms with Gasteiger partial charge in [0.15, 0.2) is 0 Å². The van der Waals surface area contributed by atoms with E-state index in [0.717, 1.165) is 12.8 Å². The number of nitrogens with zero attached hydrogens (tertiary/aromatic N) is 1. The van der Waals surface area contributed by atoms with Crippen molar-refractivity contribution in [2.24, 2.45) is 0 Å². The Hall–Kier alpha value is -0.790. The van der Waals surface area contributed by atoms with Crippen LogP contribution in [0.3, 0.4) is 0 Å². The highest BCUT2D eigenvalue weighted by Gasteiger charge is 2.28. The minimum absolute atomic E-state index is 0.0391. The molecule has 1 rings (SSSR count). The molecule has 1 aromatic heterocycles. The summed E-state index contributed by atoms with van der Waals surface area (Å²) in [6, 6.07) is 1.48. The Morgan fingerprint density at radius 1 is 1.42 bits per heavy atom. The van der Waals surface area contributed by atoms with E-state index in [1.54, 1.807) is 11.8 Å².